The van der Waals surface area contributed by atoms with Crippen LogP contribution in [0, 0.1) is 0 Å². The second-order valence-electron chi connectivity index (χ2n) is 8.97. The maximum Gasteiger partial charge on any atom is 0.253 e. The number of hydrogen-bond donors (Lipinski definition) is 1. The Bertz CT molecular complexity index is 1560. The number of H-pyrrole nitrogens is 1. The summed E-state index contributed by atoms with van der Waals surface area (Å²) in [7, 11) is 4.76. The predicted octanol–water partition coefficient (Wildman–Crippen LogP) is 3.56. The Hall–Kier alpha value is -4.48. The average molecular weight is 531 g/mol. The standard InChI is InChI=1S/C28H30N6O5/c1-36-13-11-34-27(30-31-32-34)26(33(18-21-10-7-12-39-21)17-19-8-5-4-6-9-19)22-14-20-15-24(37-2)25(38-3)16-23(20)29-28(22)35/h4-10,12,14-16,26H,11,13,17-18H2,1-3H3,(H,29,35)/t26-/m1/s1. The molecule has 0 unspecified atom stereocenters. The van der Waals surface area contributed by atoms with Gasteiger partial charge in [-0.05, 0) is 40.3 Å². The first-order valence-electron chi connectivity index (χ1n) is 12.5. The molecule has 0 radical (unpaired) electrons. The van der Waals surface area contributed by atoms with E-state index in [-0.39, 0.29) is 5.56 Å². The molecule has 5 rings (SSSR count). The van der Waals surface area contributed by atoms with Crippen LogP contribution in [0.3, 0.4) is 0 Å². The van der Waals surface area contributed by atoms with Gasteiger partial charge in [0.2, 0.25) is 0 Å². The van der Waals surface area contributed by atoms with Crippen molar-refractivity contribution < 1.29 is 18.6 Å². The van der Waals surface area contributed by atoms with Crippen molar-refractivity contribution in [1.29, 1.82) is 0 Å². The number of methoxy groups -OCH3 is 3. The van der Waals surface area contributed by atoms with Crippen molar-refractivity contribution in [3.8, 4) is 11.5 Å². The fourth-order valence-corrected chi connectivity index (χ4v) is 4.66. The molecule has 0 fully saturated rings. The van der Waals surface area contributed by atoms with E-state index in [0.717, 1.165) is 16.7 Å². The molecule has 1 atom stereocenters. The number of benzene rings is 2. The largest absolute Gasteiger partial charge is 0.493 e. The fourth-order valence-electron chi connectivity index (χ4n) is 4.66. The molecule has 0 aliphatic heterocycles. The molecule has 39 heavy (non-hydrogen) atoms. The second-order valence-corrected chi connectivity index (χ2v) is 8.97. The van der Waals surface area contributed by atoms with E-state index in [4.69, 9.17) is 18.6 Å². The molecule has 1 N–H and O–H groups in total. The van der Waals surface area contributed by atoms with Gasteiger partial charge >= 0.3 is 0 Å². The van der Waals surface area contributed by atoms with Crippen LogP contribution in [0.15, 0.2) is 76.1 Å². The van der Waals surface area contributed by atoms with Gasteiger partial charge in [-0.1, -0.05) is 30.3 Å². The number of furan rings is 1. The SMILES string of the molecule is COCCn1nnnc1[C@@H](c1cc2cc(OC)c(OC)cc2[nH]c1=O)N(Cc1ccccc1)Cc1ccco1. The minimum atomic E-state index is -0.622. The van der Waals surface area contributed by atoms with Crippen LogP contribution in [0.25, 0.3) is 10.9 Å². The van der Waals surface area contributed by atoms with E-state index in [1.807, 2.05) is 54.6 Å². The van der Waals surface area contributed by atoms with E-state index in [9.17, 15) is 4.79 Å². The van der Waals surface area contributed by atoms with Crippen molar-refractivity contribution in [3.05, 3.63) is 100.0 Å². The Morgan fingerprint density at radius 1 is 1.00 bits per heavy atom. The molecule has 0 aliphatic carbocycles. The number of hydrogen-bond acceptors (Lipinski definition) is 9. The maximum atomic E-state index is 13.7. The average Bonchev–Trinajstić information content (AvgIpc) is 3.64. The number of ether oxygens (including phenoxy) is 3. The monoisotopic (exact) mass is 530 g/mol. The van der Waals surface area contributed by atoms with E-state index in [1.54, 1.807) is 38.3 Å². The molecule has 0 bridgehead atoms. The van der Waals surface area contributed by atoms with Crippen molar-refractivity contribution >= 4 is 10.9 Å². The number of nitrogens with zero attached hydrogens (tertiary/aromatic N) is 5. The van der Waals surface area contributed by atoms with Gasteiger partial charge in [0.1, 0.15) is 11.8 Å². The number of aromatic amines is 1. The number of tetrazole rings is 1. The van der Waals surface area contributed by atoms with Crippen molar-refractivity contribution in [2.45, 2.75) is 25.7 Å². The third-order valence-electron chi connectivity index (χ3n) is 6.52. The number of pyridine rings is 1. The van der Waals surface area contributed by atoms with Crippen molar-refractivity contribution in [1.82, 2.24) is 30.1 Å². The summed E-state index contributed by atoms with van der Waals surface area (Å²) < 4.78 is 23.6. The summed E-state index contributed by atoms with van der Waals surface area (Å²) in [5, 5.41) is 13.3. The summed E-state index contributed by atoms with van der Waals surface area (Å²) >= 11 is 0. The summed E-state index contributed by atoms with van der Waals surface area (Å²) in [6.07, 6.45) is 1.64. The molecule has 3 aromatic heterocycles. The first kappa shape index (κ1) is 26.1. The lowest BCUT2D eigenvalue weighted by Gasteiger charge is -2.30. The molecular weight excluding hydrogens is 500 g/mol. The van der Waals surface area contributed by atoms with Gasteiger partial charge in [0.15, 0.2) is 17.3 Å². The second kappa shape index (κ2) is 11.9. The molecule has 11 heteroatoms. The molecule has 0 aliphatic rings. The van der Waals surface area contributed by atoms with Crippen LogP contribution in [0.4, 0.5) is 0 Å². The van der Waals surface area contributed by atoms with Gasteiger partial charge in [0, 0.05) is 30.7 Å². The van der Waals surface area contributed by atoms with E-state index in [0.29, 0.717) is 54.6 Å². The van der Waals surface area contributed by atoms with Crippen LogP contribution in [0.5, 0.6) is 11.5 Å². The third kappa shape index (κ3) is 5.69. The zero-order chi connectivity index (χ0) is 27.2. The first-order chi connectivity index (χ1) is 19.1. The molecule has 2 aromatic carbocycles. The van der Waals surface area contributed by atoms with Gasteiger partial charge < -0.3 is 23.6 Å². The molecule has 3 heterocycles. The molecule has 0 saturated heterocycles. The van der Waals surface area contributed by atoms with Crippen LogP contribution >= 0.6 is 0 Å². The van der Waals surface area contributed by atoms with Gasteiger partial charge in [0.25, 0.3) is 5.56 Å². The molecule has 0 saturated carbocycles. The Morgan fingerprint density at radius 2 is 1.79 bits per heavy atom. The lowest BCUT2D eigenvalue weighted by Crippen LogP contribution is -2.35. The van der Waals surface area contributed by atoms with Crippen LogP contribution in [0.1, 0.15) is 28.8 Å². The quantitative estimate of drug-likeness (QED) is 0.258. The van der Waals surface area contributed by atoms with Crippen molar-refractivity contribution in [2.24, 2.45) is 0 Å². The minimum absolute atomic E-state index is 0.265. The summed E-state index contributed by atoms with van der Waals surface area (Å²) in [4.78, 5) is 18.9. The number of aromatic nitrogens is 5. The van der Waals surface area contributed by atoms with Gasteiger partial charge in [-0.3, -0.25) is 9.69 Å². The highest BCUT2D eigenvalue weighted by atomic mass is 16.5. The highest BCUT2D eigenvalue weighted by molar-refractivity contribution is 5.83. The Morgan fingerprint density at radius 3 is 2.51 bits per heavy atom. The van der Waals surface area contributed by atoms with Gasteiger partial charge in [0.05, 0.1) is 45.7 Å². The molecule has 202 valence electrons. The lowest BCUT2D eigenvalue weighted by molar-refractivity contribution is 0.163. The highest BCUT2D eigenvalue weighted by Gasteiger charge is 2.31. The third-order valence-corrected chi connectivity index (χ3v) is 6.52. The van der Waals surface area contributed by atoms with Gasteiger partial charge in [-0.25, -0.2) is 4.68 Å². The van der Waals surface area contributed by atoms with E-state index < -0.39 is 6.04 Å². The zero-order valence-electron chi connectivity index (χ0n) is 22.0. The maximum absolute atomic E-state index is 13.7. The number of nitrogens with one attached hydrogen (secondary N) is 1. The summed E-state index contributed by atoms with van der Waals surface area (Å²) in [5.41, 5.74) is 1.90. The minimum Gasteiger partial charge on any atom is -0.493 e. The molecular formula is C28H30N6O5. The van der Waals surface area contributed by atoms with Crippen molar-refractivity contribution in [3.63, 3.8) is 0 Å². The topological polar surface area (TPSA) is 121 Å². The molecule has 0 amide bonds. The zero-order valence-corrected chi connectivity index (χ0v) is 22.0. The summed E-state index contributed by atoms with van der Waals surface area (Å²) in [6, 6.07) is 18.6. The van der Waals surface area contributed by atoms with E-state index >= 15 is 0 Å². The lowest BCUT2D eigenvalue weighted by atomic mass is 10.0. The van der Waals surface area contributed by atoms with Crippen LogP contribution in [-0.4, -0.2) is 58.0 Å². The highest BCUT2D eigenvalue weighted by Crippen LogP contribution is 2.34. The number of fused-ring (bicyclic) bond motifs is 1. The predicted molar refractivity (Wildman–Crippen MR) is 144 cm³/mol. The Labute approximate surface area is 224 Å². The van der Waals surface area contributed by atoms with Gasteiger partial charge in [-0.15, -0.1) is 5.10 Å². The van der Waals surface area contributed by atoms with Crippen LogP contribution in [-0.2, 0) is 24.4 Å². The summed E-state index contributed by atoms with van der Waals surface area (Å²) in [6.45, 7) is 1.75. The molecule has 11 nitrogen and oxygen atoms in total. The number of rotatable bonds is 12. The smallest absolute Gasteiger partial charge is 0.253 e. The molecule has 0 spiro atoms. The van der Waals surface area contributed by atoms with E-state index in [2.05, 4.69) is 25.4 Å². The van der Waals surface area contributed by atoms with Crippen LogP contribution < -0.4 is 15.0 Å². The van der Waals surface area contributed by atoms with E-state index in [1.165, 1.54) is 0 Å². The first-order valence-corrected chi connectivity index (χ1v) is 12.5. The summed E-state index contributed by atoms with van der Waals surface area (Å²) in [5.74, 6) is 2.34. The Balaban J connectivity index is 1.70. The fraction of sp³-hybridized carbons (Fsp3) is 0.286. The molecule has 5 aromatic rings. The van der Waals surface area contributed by atoms with Crippen LogP contribution in [0.2, 0.25) is 0 Å². The van der Waals surface area contributed by atoms with Gasteiger partial charge in [-0.2, -0.15) is 0 Å². The van der Waals surface area contributed by atoms with Crippen molar-refractivity contribution in [2.75, 3.05) is 27.9 Å². The Kier molecular flexibility index (Phi) is 7.99. The normalized spacial score (nSPS) is 12.2.